The van der Waals surface area contributed by atoms with Gasteiger partial charge in [-0.3, -0.25) is 4.79 Å². The van der Waals surface area contributed by atoms with E-state index in [1.54, 1.807) is 6.08 Å². The molecule has 2 heteroatoms. The largest absolute Gasteiger partial charge is 0.396 e. The standard InChI is InChI=1S/C8H18O.C8H14O/c2*1-2-3-4-5-6-7-8-9/h9H,2-8H2,1H3;6-8H,2-5H2,1H3/b;7-6+. The highest BCUT2D eigenvalue weighted by Crippen LogP contribution is 2.03. The Morgan fingerprint density at radius 1 is 0.833 bits per heavy atom. The maximum atomic E-state index is 9.75. The second-order valence-electron chi connectivity index (χ2n) is 4.55. The van der Waals surface area contributed by atoms with Crippen LogP contribution in [0.4, 0.5) is 0 Å². The molecule has 2 nitrogen and oxygen atoms in total. The molecule has 0 spiro atoms. The number of aliphatic hydroxyl groups excluding tert-OH is 1. The highest BCUT2D eigenvalue weighted by molar-refractivity contribution is 5.64. The van der Waals surface area contributed by atoms with Crippen LogP contribution in [0, 0.1) is 0 Å². The molecule has 0 aromatic rings. The number of aliphatic hydroxyl groups is 1. The first-order chi connectivity index (χ1) is 8.83. The van der Waals surface area contributed by atoms with Crippen LogP contribution in [0.2, 0.25) is 0 Å². The number of aldehydes is 1. The number of rotatable bonds is 11. The zero-order valence-corrected chi connectivity index (χ0v) is 12.4. The van der Waals surface area contributed by atoms with Gasteiger partial charge in [-0.25, -0.2) is 0 Å². The molecule has 108 valence electrons. The zero-order chi connectivity index (χ0) is 13.9. The molecule has 1 N–H and O–H groups in total. The summed E-state index contributed by atoms with van der Waals surface area (Å²) in [7, 11) is 0. The van der Waals surface area contributed by atoms with Crippen LogP contribution >= 0.6 is 0 Å². The predicted octanol–water partition coefficient (Wildman–Crippen LogP) is 4.66. The fourth-order valence-corrected chi connectivity index (χ4v) is 1.56. The van der Waals surface area contributed by atoms with E-state index < -0.39 is 0 Å². The van der Waals surface area contributed by atoms with Crippen LogP contribution in [0.1, 0.15) is 78.1 Å². The van der Waals surface area contributed by atoms with E-state index in [9.17, 15) is 4.79 Å². The lowest BCUT2D eigenvalue weighted by atomic mass is 10.1. The van der Waals surface area contributed by atoms with Gasteiger partial charge in [0.05, 0.1) is 0 Å². The Bertz CT molecular complexity index is 158. The highest BCUT2D eigenvalue weighted by Gasteiger charge is 1.86. The molecule has 0 unspecified atom stereocenters. The summed E-state index contributed by atoms with van der Waals surface area (Å²) in [5.41, 5.74) is 0. The maximum Gasteiger partial charge on any atom is 0.142 e. The van der Waals surface area contributed by atoms with Crippen molar-refractivity contribution in [2.24, 2.45) is 0 Å². The Morgan fingerprint density at radius 3 is 1.94 bits per heavy atom. The summed E-state index contributed by atoms with van der Waals surface area (Å²) in [5, 5.41) is 8.42. The summed E-state index contributed by atoms with van der Waals surface area (Å²) in [4.78, 5) is 9.75. The van der Waals surface area contributed by atoms with Crippen molar-refractivity contribution in [3.63, 3.8) is 0 Å². The molecule has 0 aliphatic heterocycles. The number of allylic oxidation sites excluding steroid dienone is 2. The first-order valence-corrected chi connectivity index (χ1v) is 7.54. The minimum absolute atomic E-state index is 0.367. The van der Waals surface area contributed by atoms with Gasteiger partial charge >= 0.3 is 0 Å². The van der Waals surface area contributed by atoms with Gasteiger partial charge < -0.3 is 5.11 Å². The predicted molar refractivity (Wildman–Crippen MR) is 79.8 cm³/mol. The molecule has 0 atom stereocenters. The van der Waals surface area contributed by atoms with Crippen molar-refractivity contribution in [1.82, 2.24) is 0 Å². The van der Waals surface area contributed by atoms with Crippen LogP contribution in [-0.4, -0.2) is 18.0 Å². The second kappa shape index (κ2) is 21.6. The number of hydrogen-bond donors (Lipinski definition) is 1. The summed E-state index contributed by atoms with van der Waals surface area (Å²) in [6.07, 6.45) is 16.6. The van der Waals surface area contributed by atoms with Gasteiger partial charge in [0, 0.05) is 6.61 Å². The summed E-state index contributed by atoms with van der Waals surface area (Å²) >= 11 is 0. The zero-order valence-electron chi connectivity index (χ0n) is 12.4. The number of unbranched alkanes of at least 4 members (excludes halogenated alkanes) is 8. The summed E-state index contributed by atoms with van der Waals surface area (Å²) < 4.78 is 0. The van der Waals surface area contributed by atoms with E-state index in [0.717, 1.165) is 19.1 Å². The minimum atomic E-state index is 0.367. The van der Waals surface area contributed by atoms with Gasteiger partial charge in [-0.05, 0) is 25.3 Å². The SMILES string of the molecule is CCCCC/C=C/C=O.CCCCCCCCO. The van der Waals surface area contributed by atoms with E-state index in [2.05, 4.69) is 13.8 Å². The lowest BCUT2D eigenvalue weighted by Gasteiger charge is -1.95. The number of carbonyl (C=O) groups excluding carboxylic acids is 1. The molecule has 0 radical (unpaired) electrons. The maximum absolute atomic E-state index is 9.75. The number of hydrogen-bond acceptors (Lipinski definition) is 2. The molecular weight excluding hydrogens is 224 g/mol. The average Bonchev–Trinajstić information content (AvgIpc) is 2.39. The highest BCUT2D eigenvalue weighted by atomic mass is 16.2. The Labute approximate surface area is 113 Å². The van der Waals surface area contributed by atoms with Gasteiger partial charge in [-0.15, -0.1) is 0 Å². The third-order valence-electron chi connectivity index (χ3n) is 2.70. The summed E-state index contributed by atoms with van der Waals surface area (Å²) in [5.74, 6) is 0. The molecule has 0 amide bonds. The molecule has 0 bridgehead atoms. The fourth-order valence-electron chi connectivity index (χ4n) is 1.56. The summed E-state index contributed by atoms with van der Waals surface area (Å²) in [6, 6.07) is 0. The molecule has 0 aromatic heterocycles. The normalized spacial score (nSPS) is 10.2. The smallest absolute Gasteiger partial charge is 0.142 e. The average molecular weight is 256 g/mol. The molecule has 0 rings (SSSR count). The first kappa shape index (κ1) is 19.7. The third-order valence-corrected chi connectivity index (χ3v) is 2.70. The third kappa shape index (κ3) is 24.6. The van der Waals surface area contributed by atoms with Gasteiger partial charge in [0.25, 0.3) is 0 Å². The topological polar surface area (TPSA) is 37.3 Å². The molecule has 18 heavy (non-hydrogen) atoms. The Morgan fingerprint density at radius 2 is 1.39 bits per heavy atom. The van der Waals surface area contributed by atoms with Crippen LogP contribution in [0.25, 0.3) is 0 Å². The molecule has 0 aliphatic carbocycles. The van der Waals surface area contributed by atoms with Crippen molar-refractivity contribution in [3.8, 4) is 0 Å². The molecular formula is C16H32O2. The van der Waals surface area contributed by atoms with Crippen molar-refractivity contribution in [1.29, 1.82) is 0 Å². The van der Waals surface area contributed by atoms with Gasteiger partial charge in [-0.1, -0.05) is 64.9 Å². The molecule has 0 heterocycles. The summed E-state index contributed by atoms with van der Waals surface area (Å²) in [6.45, 7) is 4.75. The van der Waals surface area contributed by atoms with Crippen LogP contribution in [0.15, 0.2) is 12.2 Å². The van der Waals surface area contributed by atoms with E-state index in [0.29, 0.717) is 6.61 Å². The van der Waals surface area contributed by atoms with Crippen molar-refractivity contribution in [2.45, 2.75) is 78.1 Å². The van der Waals surface area contributed by atoms with Crippen molar-refractivity contribution >= 4 is 6.29 Å². The fraction of sp³-hybridized carbons (Fsp3) is 0.812. The van der Waals surface area contributed by atoms with Crippen LogP contribution < -0.4 is 0 Å². The Balaban J connectivity index is 0. The second-order valence-corrected chi connectivity index (χ2v) is 4.55. The minimum Gasteiger partial charge on any atom is -0.396 e. The van der Waals surface area contributed by atoms with E-state index >= 15 is 0 Å². The lowest BCUT2D eigenvalue weighted by Crippen LogP contribution is -1.82. The van der Waals surface area contributed by atoms with Gasteiger partial charge in [0.2, 0.25) is 0 Å². The van der Waals surface area contributed by atoms with E-state index in [1.165, 1.54) is 51.4 Å². The van der Waals surface area contributed by atoms with Crippen LogP contribution in [0.3, 0.4) is 0 Å². The quantitative estimate of drug-likeness (QED) is 0.331. The Hall–Kier alpha value is -0.630. The number of carbonyl (C=O) groups is 1. The monoisotopic (exact) mass is 256 g/mol. The van der Waals surface area contributed by atoms with Gasteiger partial charge in [-0.2, -0.15) is 0 Å². The van der Waals surface area contributed by atoms with Gasteiger partial charge in [0.1, 0.15) is 6.29 Å². The van der Waals surface area contributed by atoms with E-state index in [1.807, 2.05) is 6.08 Å². The van der Waals surface area contributed by atoms with Crippen LogP contribution in [0.5, 0.6) is 0 Å². The molecule has 0 aliphatic rings. The lowest BCUT2D eigenvalue weighted by molar-refractivity contribution is -0.104. The van der Waals surface area contributed by atoms with Crippen molar-refractivity contribution in [2.75, 3.05) is 6.61 Å². The Kier molecular flexibility index (Phi) is 23.7. The van der Waals surface area contributed by atoms with E-state index in [-0.39, 0.29) is 0 Å². The van der Waals surface area contributed by atoms with E-state index in [4.69, 9.17) is 5.11 Å². The van der Waals surface area contributed by atoms with Crippen LogP contribution in [-0.2, 0) is 4.79 Å². The molecule has 0 fully saturated rings. The molecule has 0 aromatic carbocycles. The van der Waals surface area contributed by atoms with Gasteiger partial charge in [0.15, 0.2) is 0 Å². The molecule has 0 saturated carbocycles. The van der Waals surface area contributed by atoms with Crippen molar-refractivity contribution < 1.29 is 9.90 Å². The molecule has 0 saturated heterocycles. The van der Waals surface area contributed by atoms with Crippen molar-refractivity contribution in [3.05, 3.63) is 12.2 Å². The first-order valence-electron chi connectivity index (χ1n) is 7.54.